The van der Waals surface area contributed by atoms with Crippen molar-refractivity contribution in [3.05, 3.63) is 11.5 Å². The number of nitrogens with zero attached hydrogens (tertiary/aromatic N) is 1. The van der Waals surface area contributed by atoms with Gasteiger partial charge in [0.25, 0.3) is 0 Å². The van der Waals surface area contributed by atoms with Crippen molar-refractivity contribution in [1.82, 2.24) is 9.96 Å². The van der Waals surface area contributed by atoms with E-state index in [4.69, 9.17) is 0 Å². The quantitative estimate of drug-likeness (QED) is 0.709. The molecule has 2 rings (SSSR count). The summed E-state index contributed by atoms with van der Waals surface area (Å²) in [6.45, 7) is 2.46. The molecular weight excluding hydrogens is 239 g/mol. The molecule has 0 aliphatic heterocycles. The minimum absolute atomic E-state index is 0.397. The van der Waals surface area contributed by atoms with Gasteiger partial charge in [0.05, 0.1) is 6.20 Å². The molecule has 0 bridgehead atoms. The van der Waals surface area contributed by atoms with Crippen molar-refractivity contribution in [2.75, 3.05) is 0 Å². The summed E-state index contributed by atoms with van der Waals surface area (Å²) in [5, 5.41) is 5.70. The van der Waals surface area contributed by atoms with Crippen LogP contribution in [0, 0.1) is 0 Å². The summed E-state index contributed by atoms with van der Waals surface area (Å²) >= 11 is 0. The van der Waals surface area contributed by atoms with Crippen LogP contribution >= 0.6 is 8.35 Å². The van der Waals surface area contributed by atoms with E-state index in [1.807, 2.05) is 0 Å². The van der Waals surface area contributed by atoms with Gasteiger partial charge in [0.15, 0.2) is 0 Å². The average Bonchev–Trinajstić information content (AvgIpc) is 2.88. The fourth-order valence-corrected chi connectivity index (χ4v) is 3.97. The summed E-state index contributed by atoms with van der Waals surface area (Å²) < 4.78 is 0. The summed E-state index contributed by atoms with van der Waals surface area (Å²) in [4.78, 5) is 3.09. The third kappa shape index (κ3) is 4.09. The highest BCUT2D eigenvalue weighted by molar-refractivity contribution is 7.26. The molecule has 1 fully saturated rings. The highest BCUT2D eigenvalue weighted by Crippen LogP contribution is 2.38. The van der Waals surface area contributed by atoms with Crippen molar-refractivity contribution in [2.24, 2.45) is 0 Å². The van der Waals surface area contributed by atoms with Crippen molar-refractivity contribution in [3.63, 3.8) is 0 Å². The van der Waals surface area contributed by atoms with Crippen molar-refractivity contribution < 1.29 is 0 Å². The van der Waals surface area contributed by atoms with Crippen molar-refractivity contribution in [1.29, 1.82) is 0 Å². The van der Waals surface area contributed by atoms with Crippen molar-refractivity contribution in [3.8, 4) is 0 Å². The predicted molar refractivity (Wildman–Crippen MR) is 79.2 cm³/mol. The average molecular weight is 266 g/mol. The van der Waals surface area contributed by atoms with Crippen LogP contribution in [-0.2, 0) is 5.41 Å². The van der Waals surface area contributed by atoms with Gasteiger partial charge in [0.2, 0.25) is 0 Å². The minimum atomic E-state index is 0.397. The minimum Gasteiger partial charge on any atom is -0.260 e. The van der Waals surface area contributed by atoms with Crippen LogP contribution in [0.25, 0.3) is 0 Å². The van der Waals surface area contributed by atoms with Crippen LogP contribution in [0.1, 0.15) is 82.8 Å². The smallest absolute Gasteiger partial charge is 0.0573 e. The zero-order chi connectivity index (χ0) is 12.7. The topological polar surface area (TPSA) is 28.7 Å². The van der Waals surface area contributed by atoms with Crippen molar-refractivity contribution in [2.45, 2.75) is 83.0 Å². The molecular formula is C15H27N2P. The van der Waals surface area contributed by atoms with Gasteiger partial charge >= 0.3 is 0 Å². The van der Waals surface area contributed by atoms with Gasteiger partial charge in [0, 0.05) is 13.6 Å². The molecule has 2 nitrogen and oxygen atoms in total. The SMILES string of the molecule is CC1(c2cn[nH]p2)CCCCCCCCCCC1. The first-order valence-electron chi connectivity index (χ1n) is 7.67. The Kier molecular flexibility index (Phi) is 5.69. The molecule has 0 saturated heterocycles. The second kappa shape index (κ2) is 7.28. The third-order valence-electron chi connectivity index (χ3n) is 4.49. The number of aromatic nitrogens is 2. The molecule has 0 radical (unpaired) electrons. The first kappa shape index (κ1) is 14.1. The van der Waals surface area contributed by atoms with Gasteiger partial charge in [-0.2, -0.15) is 5.10 Å². The Morgan fingerprint density at radius 3 is 1.89 bits per heavy atom. The number of hydrogen-bond acceptors (Lipinski definition) is 1. The van der Waals surface area contributed by atoms with Gasteiger partial charge in [-0.15, -0.1) is 0 Å². The normalized spacial score (nSPS) is 23.4. The Morgan fingerprint density at radius 2 is 1.44 bits per heavy atom. The molecule has 1 saturated carbocycles. The summed E-state index contributed by atoms with van der Waals surface area (Å²) in [5.41, 5.74) is 0.397. The van der Waals surface area contributed by atoms with Crippen LogP contribution in [0.15, 0.2) is 6.20 Å². The lowest BCUT2D eigenvalue weighted by Gasteiger charge is -2.28. The number of nitrogens with one attached hydrogen (secondary N) is 1. The summed E-state index contributed by atoms with van der Waals surface area (Å²) in [5.74, 6) is 0. The fourth-order valence-electron chi connectivity index (χ4n) is 3.14. The molecule has 0 amide bonds. The number of hydrogen-bond donors (Lipinski definition) is 1. The van der Waals surface area contributed by atoms with Crippen LogP contribution in [0.4, 0.5) is 0 Å². The van der Waals surface area contributed by atoms with Crippen LogP contribution < -0.4 is 0 Å². The van der Waals surface area contributed by atoms with E-state index in [2.05, 4.69) is 23.1 Å². The summed E-state index contributed by atoms with van der Waals surface area (Å²) in [6.07, 6.45) is 17.7. The maximum atomic E-state index is 4.19. The predicted octanol–water partition coefficient (Wildman–Crippen LogP) is 5.55. The van der Waals surface area contributed by atoms with Gasteiger partial charge in [-0.05, 0) is 18.3 Å². The molecule has 3 heteroatoms. The first-order valence-corrected chi connectivity index (χ1v) is 8.57. The number of H-pyrrole nitrogens is 1. The van der Waals surface area contributed by atoms with E-state index in [0.717, 1.165) is 0 Å². The van der Waals surface area contributed by atoms with Gasteiger partial charge in [-0.25, -0.2) is 0 Å². The molecule has 1 heterocycles. The highest BCUT2D eigenvalue weighted by atomic mass is 31.0. The van der Waals surface area contributed by atoms with Gasteiger partial charge in [0.1, 0.15) is 0 Å². The van der Waals surface area contributed by atoms with Gasteiger partial charge < -0.3 is 0 Å². The van der Waals surface area contributed by atoms with Gasteiger partial charge in [-0.3, -0.25) is 4.86 Å². The van der Waals surface area contributed by atoms with E-state index >= 15 is 0 Å². The Hall–Kier alpha value is -0.360. The molecule has 102 valence electrons. The van der Waals surface area contributed by atoms with E-state index in [1.54, 1.807) is 0 Å². The first-order chi connectivity index (χ1) is 8.81. The van der Waals surface area contributed by atoms with E-state index < -0.39 is 0 Å². The Bertz CT molecular complexity index is 309. The second-order valence-electron chi connectivity index (χ2n) is 6.10. The van der Waals surface area contributed by atoms with E-state index in [1.165, 1.54) is 84.3 Å². The molecule has 0 aromatic carbocycles. The molecule has 0 atom stereocenters. The van der Waals surface area contributed by atoms with Crippen molar-refractivity contribution >= 4 is 8.35 Å². The van der Waals surface area contributed by atoms with Crippen LogP contribution in [0.5, 0.6) is 0 Å². The Morgan fingerprint density at radius 1 is 0.944 bits per heavy atom. The molecule has 1 aromatic heterocycles. The molecule has 1 aliphatic rings. The Labute approximate surface area is 113 Å². The van der Waals surface area contributed by atoms with E-state index in [0.29, 0.717) is 5.41 Å². The van der Waals surface area contributed by atoms with Crippen LogP contribution in [-0.4, -0.2) is 9.96 Å². The summed E-state index contributed by atoms with van der Waals surface area (Å²) in [6, 6.07) is 0. The Balaban J connectivity index is 1.96. The largest absolute Gasteiger partial charge is 0.260 e. The molecule has 1 N–H and O–H groups in total. The van der Waals surface area contributed by atoms with E-state index in [-0.39, 0.29) is 0 Å². The second-order valence-corrected chi connectivity index (χ2v) is 7.00. The van der Waals surface area contributed by atoms with Gasteiger partial charge in [-0.1, -0.05) is 64.7 Å². The molecule has 0 unspecified atom stereocenters. The lowest BCUT2D eigenvalue weighted by Crippen LogP contribution is -2.20. The maximum Gasteiger partial charge on any atom is 0.0573 e. The highest BCUT2D eigenvalue weighted by Gasteiger charge is 2.27. The number of aromatic amines is 1. The zero-order valence-corrected chi connectivity index (χ0v) is 12.6. The monoisotopic (exact) mass is 266 g/mol. The third-order valence-corrected chi connectivity index (χ3v) is 5.60. The molecule has 0 spiro atoms. The van der Waals surface area contributed by atoms with E-state index in [9.17, 15) is 0 Å². The number of rotatable bonds is 1. The van der Waals surface area contributed by atoms with Crippen LogP contribution in [0.2, 0.25) is 0 Å². The standard InChI is InChI=1S/C15H27N2P/c1-15(14-13-16-17-18-14)11-9-7-5-3-2-4-6-8-10-12-15/h13H,2-12H2,1H3,(H,16,17). The fraction of sp³-hybridized carbons (Fsp3) is 0.867. The van der Waals surface area contributed by atoms with Crippen LogP contribution in [0.3, 0.4) is 0 Å². The lowest BCUT2D eigenvalue weighted by molar-refractivity contribution is 0.362. The molecule has 1 aromatic rings. The zero-order valence-electron chi connectivity index (χ0n) is 11.7. The molecule has 1 aliphatic carbocycles. The summed E-state index contributed by atoms with van der Waals surface area (Å²) in [7, 11) is 1.23. The maximum absolute atomic E-state index is 4.19. The molecule has 18 heavy (non-hydrogen) atoms. The lowest BCUT2D eigenvalue weighted by atomic mass is 9.78.